The minimum Gasteiger partial charge on any atom is -0.497 e. The molecular weight excluding hydrogens is 442 g/mol. The first-order valence-electron chi connectivity index (χ1n) is 10.8. The van der Waals surface area contributed by atoms with Gasteiger partial charge in [-0.3, -0.25) is 4.99 Å². The number of aliphatic imine (C=N–C) groups is 2. The van der Waals surface area contributed by atoms with Crippen LogP contribution in [0.4, 0.5) is 0 Å². The lowest BCUT2D eigenvalue weighted by Crippen LogP contribution is -2.44. The molecule has 2 aliphatic heterocycles. The maximum absolute atomic E-state index is 13.3. The quantitative estimate of drug-likeness (QED) is 0.646. The van der Waals surface area contributed by atoms with E-state index in [1.807, 2.05) is 50.2 Å². The zero-order chi connectivity index (χ0) is 22.9. The third-order valence-electron chi connectivity index (χ3n) is 5.95. The van der Waals surface area contributed by atoms with Gasteiger partial charge >= 0.3 is 0 Å². The van der Waals surface area contributed by atoms with Crippen LogP contribution in [-0.2, 0) is 10.0 Å². The summed E-state index contributed by atoms with van der Waals surface area (Å²) in [7, 11) is -1.89. The maximum Gasteiger partial charge on any atom is 0.243 e. The van der Waals surface area contributed by atoms with Crippen molar-refractivity contribution >= 4 is 32.5 Å². The van der Waals surface area contributed by atoms with E-state index in [1.54, 1.807) is 29.2 Å². The van der Waals surface area contributed by atoms with E-state index in [4.69, 9.17) is 14.7 Å². The molecule has 0 unspecified atom stereocenters. The number of piperidine rings is 1. The van der Waals surface area contributed by atoms with Crippen LogP contribution in [0.5, 0.6) is 5.75 Å². The molecule has 2 aliphatic rings. The van der Waals surface area contributed by atoms with Crippen LogP contribution in [0.2, 0.25) is 0 Å². The standard InChI is InChI=1S/C24H29N3O3S2/c1-5-31-23-22(19-7-9-20(30-4)10-8-19)25-24(26-23)12-14-27(15-13-24)32(28,29)21-11-6-17(2)16-18(21)3/h6-11,16H,5,12-15H2,1-4H3. The van der Waals surface area contributed by atoms with Crippen molar-refractivity contribution in [3.05, 3.63) is 59.2 Å². The highest BCUT2D eigenvalue weighted by Crippen LogP contribution is 2.37. The van der Waals surface area contributed by atoms with Gasteiger partial charge in [0.15, 0.2) is 5.66 Å². The van der Waals surface area contributed by atoms with Crippen LogP contribution in [0, 0.1) is 13.8 Å². The summed E-state index contributed by atoms with van der Waals surface area (Å²) in [5.74, 6) is 1.70. The first-order chi connectivity index (χ1) is 15.3. The van der Waals surface area contributed by atoms with E-state index in [0.717, 1.165) is 38.9 Å². The van der Waals surface area contributed by atoms with E-state index in [1.165, 1.54) is 0 Å². The van der Waals surface area contributed by atoms with Gasteiger partial charge in [0.1, 0.15) is 10.8 Å². The normalized spacial score (nSPS) is 18.5. The number of aryl methyl sites for hydroxylation is 2. The van der Waals surface area contributed by atoms with Crippen molar-refractivity contribution in [1.82, 2.24) is 4.31 Å². The molecule has 170 valence electrons. The lowest BCUT2D eigenvalue weighted by Gasteiger charge is -2.34. The summed E-state index contributed by atoms with van der Waals surface area (Å²) in [5, 5.41) is 0.934. The van der Waals surface area contributed by atoms with Crippen LogP contribution in [0.1, 0.15) is 36.5 Å². The summed E-state index contributed by atoms with van der Waals surface area (Å²) in [6.07, 6.45) is 1.15. The molecule has 2 aromatic rings. The molecule has 4 rings (SSSR count). The summed E-state index contributed by atoms with van der Waals surface area (Å²) >= 11 is 1.68. The minimum atomic E-state index is -3.54. The van der Waals surface area contributed by atoms with E-state index < -0.39 is 15.7 Å². The molecule has 1 spiro atoms. The molecule has 0 aliphatic carbocycles. The Balaban J connectivity index is 1.58. The molecule has 0 amide bonds. The van der Waals surface area contributed by atoms with Gasteiger partial charge in [-0.2, -0.15) is 4.31 Å². The second-order valence-corrected chi connectivity index (χ2v) is 11.4. The fourth-order valence-electron chi connectivity index (χ4n) is 4.23. The molecule has 2 aromatic carbocycles. The van der Waals surface area contributed by atoms with E-state index in [2.05, 4.69) is 6.92 Å². The Labute approximate surface area is 194 Å². The van der Waals surface area contributed by atoms with E-state index in [-0.39, 0.29) is 0 Å². The van der Waals surface area contributed by atoms with Crippen LogP contribution in [-0.4, -0.2) is 55.1 Å². The minimum absolute atomic E-state index is 0.388. The monoisotopic (exact) mass is 471 g/mol. The summed E-state index contributed by atoms with van der Waals surface area (Å²) in [6, 6.07) is 13.3. The predicted molar refractivity (Wildman–Crippen MR) is 132 cm³/mol. The molecule has 1 saturated heterocycles. The highest BCUT2D eigenvalue weighted by atomic mass is 32.2. The van der Waals surface area contributed by atoms with Gasteiger partial charge in [0, 0.05) is 31.5 Å². The second-order valence-electron chi connectivity index (χ2n) is 8.19. The van der Waals surface area contributed by atoms with Gasteiger partial charge in [0.2, 0.25) is 10.0 Å². The Morgan fingerprint density at radius 1 is 1.06 bits per heavy atom. The number of thioether (sulfide) groups is 1. The summed E-state index contributed by atoms with van der Waals surface area (Å²) in [5.41, 5.74) is 3.16. The van der Waals surface area contributed by atoms with Gasteiger partial charge in [-0.15, -0.1) is 11.8 Å². The van der Waals surface area contributed by atoms with E-state index in [0.29, 0.717) is 30.8 Å². The zero-order valence-electron chi connectivity index (χ0n) is 19.0. The molecule has 2 heterocycles. The van der Waals surface area contributed by atoms with Crippen molar-refractivity contribution in [2.75, 3.05) is 26.0 Å². The molecule has 1 fully saturated rings. The van der Waals surface area contributed by atoms with Gasteiger partial charge in [-0.25, -0.2) is 13.4 Å². The third kappa shape index (κ3) is 4.36. The first kappa shape index (κ1) is 23.0. The highest BCUT2D eigenvalue weighted by Gasteiger charge is 2.42. The smallest absolute Gasteiger partial charge is 0.243 e. The Morgan fingerprint density at radius 3 is 2.34 bits per heavy atom. The van der Waals surface area contributed by atoms with E-state index in [9.17, 15) is 8.42 Å². The molecule has 8 heteroatoms. The molecule has 0 N–H and O–H groups in total. The van der Waals surface area contributed by atoms with Crippen molar-refractivity contribution in [1.29, 1.82) is 0 Å². The number of ether oxygens (including phenoxy) is 1. The summed E-state index contributed by atoms with van der Waals surface area (Å²) in [4.78, 5) is 10.5. The zero-order valence-corrected chi connectivity index (χ0v) is 20.6. The number of methoxy groups -OCH3 is 1. The molecule has 0 saturated carbocycles. The Bertz CT molecular complexity index is 1160. The van der Waals surface area contributed by atoms with Crippen LogP contribution < -0.4 is 4.74 Å². The SMILES string of the molecule is CCSC1=NC2(CCN(S(=O)(=O)c3ccc(C)cc3C)CC2)N=C1c1ccc(OC)cc1. The largest absolute Gasteiger partial charge is 0.497 e. The van der Waals surface area contributed by atoms with Crippen LogP contribution in [0.25, 0.3) is 0 Å². The number of rotatable bonds is 5. The van der Waals surface area contributed by atoms with Crippen molar-refractivity contribution in [2.24, 2.45) is 9.98 Å². The number of nitrogens with zero attached hydrogens (tertiary/aromatic N) is 3. The summed E-state index contributed by atoms with van der Waals surface area (Å²) < 4.78 is 33.4. The Kier molecular flexibility index (Phi) is 6.47. The first-order valence-corrected chi connectivity index (χ1v) is 13.3. The van der Waals surface area contributed by atoms with Crippen LogP contribution in [0.15, 0.2) is 57.3 Å². The van der Waals surface area contributed by atoms with Gasteiger partial charge in [0.25, 0.3) is 0 Å². The lowest BCUT2D eigenvalue weighted by molar-refractivity contribution is 0.249. The fourth-order valence-corrected chi connectivity index (χ4v) is 6.69. The highest BCUT2D eigenvalue weighted by molar-refractivity contribution is 8.15. The second kappa shape index (κ2) is 9.00. The number of hydrogen-bond acceptors (Lipinski definition) is 6. The topological polar surface area (TPSA) is 71.3 Å². The van der Waals surface area contributed by atoms with Crippen molar-refractivity contribution in [3.63, 3.8) is 0 Å². The molecule has 32 heavy (non-hydrogen) atoms. The van der Waals surface area contributed by atoms with Crippen molar-refractivity contribution in [3.8, 4) is 5.75 Å². The van der Waals surface area contributed by atoms with Gasteiger partial charge in [-0.05, 0) is 55.5 Å². The molecule has 6 nitrogen and oxygen atoms in total. The molecular formula is C24H29N3O3S2. The molecule has 0 bridgehead atoms. The molecule has 0 radical (unpaired) electrons. The molecule has 0 atom stereocenters. The van der Waals surface area contributed by atoms with Gasteiger partial charge in [0.05, 0.1) is 17.7 Å². The van der Waals surface area contributed by atoms with Crippen molar-refractivity contribution in [2.45, 2.75) is 44.2 Å². The van der Waals surface area contributed by atoms with E-state index >= 15 is 0 Å². The Morgan fingerprint density at radius 2 is 1.75 bits per heavy atom. The number of sulfonamides is 1. The number of benzene rings is 2. The average Bonchev–Trinajstić information content (AvgIpc) is 3.11. The van der Waals surface area contributed by atoms with Crippen LogP contribution in [0.3, 0.4) is 0 Å². The summed E-state index contributed by atoms with van der Waals surface area (Å²) in [6.45, 7) is 6.73. The van der Waals surface area contributed by atoms with Gasteiger partial charge < -0.3 is 4.74 Å². The van der Waals surface area contributed by atoms with Crippen molar-refractivity contribution < 1.29 is 13.2 Å². The Hall–Kier alpha value is -2.16. The van der Waals surface area contributed by atoms with Gasteiger partial charge in [-0.1, -0.05) is 24.6 Å². The molecule has 0 aromatic heterocycles. The maximum atomic E-state index is 13.3. The lowest BCUT2D eigenvalue weighted by atomic mass is 10.00. The van der Waals surface area contributed by atoms with Crippen LogP contribution >= 0.6 is 11.8 Å². The third-order valence-corrected chi connectivity index (χ3v) is 8.85. The fraction of sp³-hybridized carbons (Fsp3) is 0.417. The number of hydrogen-bond donors (Lipinski definition) is 0. The average molecular weight is 472 g/mol. The predicted octanol–water partition coefficient (Wildman–Crippen LogP) is 4.45.